The minimum absolute atomic E-state index is 0.0226. The lowest BCUT2D eigenvalue weighted by molar-refractivity contribution is -0.384. The Balaban J connectivity index is 1.45. The predicted octanol–water partition coefficient (Wildman–Crippen LogP) is 5.42. The van der Waals surface area contributed by atoms with Gasteiger partial charge in [-0.15, -0.1) is 0 Å². The van der Waals surface area contributed by atoms with E-state index in [9.17, 15) is 10.1 Å². The van der Waals surface area contributed by atoms with Crippen molar-refractivity contribution in [2.24, 2.45) is 0 Å². The van der Waals surface area contributed by atoms with Crippen LogP contribution in [0.15, 0.2) is 72.9 Å². The number of nitrogens with zero attached hydrogens (tertiary/aromatic N) is 5. The molecule has 2 aromatic carbocycles. The monoisotopic (exact) mass is 584 g/mol. The number of thiocarbonyl (C=S) groups is 1. The fraction of sp³-hybridized carbons (Fsp3) is 0.290. The summed E-state index contributed by atoms with van der Waals surface area (Å²) in [6.07, 6.45) is 1.79. The number of methoxy groups -OCH3 is 1. The molecule has 10 nitrogen and oxygen atoms in total. The van der Waals surface area contributed by atoms with E-state index >= 15 is 0 Å². The summed E-state index contributed by atoms with van der Waals surface area (Å²) >= 11 is 5.96. The van der Waals surface area contributed by atoms with Gasteiger partial charge in [-0.2, -0.15) is 0 Å². The Morgan fingerprint density at radius 1 is 1.05 bits per heavy atom. The lowest BCUT2D eigenvalue weighted by Crippen LogP contribution is -2.36. The zero-order chi connectivity index (χ0) is 29.4. The number of aromatic nitrogens is 2. The van der Waals surface area contributed by atoms with Gasteiger partial charge in [-0.25, -0.2) is 0 Å². The van der Waals surface area contributed by atoms with Crippen LogP contribution in [-0.2, 0) is 4.74 Å². The highest BCUT2D eigenvalue weighted by Crippen LogP contribution is 2.44. The summed E-state index contributed by atoms with van der Waals surface area (Å²) in [6, 6.07) is 20.8. The Morgan fingerprint density at radius 2 is 1.79 bits per heavy atom. The van der Waals surface area contributed by atoms with E-state index in [0.29, 0.717) is 10.9 Å². The molecule has 0 unspecified atom stereocenters. The molecule has 0 spiro atoms. The summed E-state index contributed by atoms with van der Waals surface area (Å²) in [5, 5.41) is 15.6. The number of nitro benzene ring substituents is 1. The third-order valence-corrected chi connectivity index (χ3v) is 8.32. The van der Waals surface area contributed by atoms with Gasteiger partial charge in [0, 0.05) is 48.1 Å². The number of rotatable bonds is 7. The molecular weight excluding hydrogens is 552 g/mol. The highest BCUT2D eigenvalue weighted by Gasteiger charge is 2.42. The number of non-ortho nitro benzene ring substituents is 1. The maximum atomic E-state index is 11.4. The van der Waals surface area contributed by atoms with Crippen LogP contribution in [0, 0.1) is 24.0 Å². The third-order valence-electron chi connectivity index (χ3n) is 8.01. The van der Waals surface area contributed by atoms with E-state index < -0.39 is 4.92 Å². The maximum Gasteiger partial charge on any atom is 0.273 e. The van der Waals surface area contributed by atoms with E-state index in [1.54, 1.807) is 12.3 Å². The summed E-state index contributed by atoms with van der Waals surface area (Å²) in [5.41, 5.74) is 6.73. The van der Waals surface area contributed by atoms with E-state index in [2.05, 4.69) is 61.9 Å². The van der Waals surface area contributed by atoms with E-state index in [-0.39, 0.29) is 17.8 Å². The standard InChI is InChI=1S/C31H32N6O4S/c1-20-18-25(21(2)35(20)27-12-11-24(37(38)39)19-28(27)40-3)30-29(26-6-4-5-13-32-26)33-31(42)36(30)23-9-7-22(8-10-23)34-14-16-41-17-15-34/h4-13,18-19,29-30H,14-17H2,1-3H3,(H,33,42)/t29-,30+/m1/s1. The average molecular weight is 585 g/mol. The molecule has 2 aliphatic heterocycles. The lowest BCUT2D eigenvalue weighted by atomic mass is 9.96. The summed E-state index contributed by atoms with van der Waals surface area (Å²) in [6.45, 7) is 7.27. The molecule has 0 radical (unpaired) electrons. The number of aryl methyl sites for hydroxylation is 1. The van der Waals surface area contributed by atoms with Gasteiger partial charge in [0.15, 0.2) is 5.11 Å². The molecule has 1 N–H and O–H groups in total. The van der Waals surface area contributed by atoms with Gasteiger partial charge in [0.25, 0.3) is 5.69 Å². The molecule has 0 amide bonds. The topological polar surface area (TPSA) is 97.9 Å². The number of morpholine rings is 1. The van der Waals surface area contributed by atoms with E-state index in [1.807, 2.05) is 25.1 Å². The minimum atomic E-state index is -0.419. The number of nitrogens with one attached hydrogen (secondary N) is 1. The van der Waals surface area contributed by atoms with Crippen LogP contribution in [0.3, 0.4) is 0 Å². The molecule has 0 bridgehead atoms. The van der Waals surface area contributed by atoms with Crippen molar-refractivity contribution in [2.45, 2.75) is 25.9 Å². The minimum Gasteiger partial charge on any atom is -0.494 e. The molecule has 216 valence electrons. The van der Waals surface area contributed by atoms with Gasteiger partial charge in [-0.05, 0) is 80.2 Å². The Hall–Kier alpha value is -4.48. The van der Waals surface area contributed by atoms with Crippen molar-refractivity contribution in [2.75, 3.05) is 43.2 Å². The number of anilines is 2. The molecule has 0 saturated carbocycles. The van der Waals surface area contributed by atoms with Crippen molar-refractivity contribution in [3.63, 3.8) is 0 Å². The predicted molar refractivity (Wildman–Crippen MR) is 166 cm³/mol. The van der Waals surface area contributed by atoms with Gasteiger partial charge in [0.2, 0.25) is 0 Å². The zero-order valence-electron chi connectivity index (χ0n) is 23.7. The quantitative estimate of drug-likeness (QED) is 0.173. The van der Waals surface area contributed by atoms with Crippen LogP contribution in [0.4, 0.5) is 17.1 Å². The zero-order valence-corrected chi connectivity index (χ0v) is 24.5. The van der Waals surface area contributed by atoms with Crippen molar-refractivity contribution < 1.29 is 14.4 Å². The number of hydrogen-bond acceptors (Lipinski definition) is 7. The van der Waals surface area contributed by atoms with Crippen molar-refractivity contribution in [3.05, 3.63) is 106 Å². The number of hydrogen-bond donors (Lipinski definition) is 1. The normalized spacial score (nSPS) is 18.7. The van der Waals surface area contributed by atoms with Crippen molar-refractivity contribution in [3.8, 4) is 11.4 Å². The summed E-state index contributed by atoms with van der Waals surface area (Å²) in [7, 11) is 1.52. The molecule has 4 aromatic rings. The van der Waals surface area contributed by atoms with Crippen molar-refractivity contribution in [1.29, 1.82) is 0 Å². The third kappa shape index (κ3) is 4.94. The molecule has 2 saturated heterocycles. The van der Waals surface area contributed by atoms with Gasteiger partial charge in [0.1, 0.15) is 5.75 Å². The molecule has 2 atom stereocenters. The van der Waals surface area contributed by atoms with Crippen LogP contribution in [-0.4, -0.2) is 53.0 Å². The van der Waals surface area contributed by atoms with E-state index in [0.717, 1.165) is 66.0 Å². The first-order chi connectivity index (χ1) is 20.4. The van der Waals surface area contributed by atoms with Crippen LogP contribution in [0.5, 0.6) is 5.75 Å². The highest BCUT2D eigenvalue weighted by molar-refractivity contribution is 7.80. The van der Waals surface area contributed by atoms with Crippen LogP contribution < -0.4 is 19.9 Å². The molecule has 4 heterocycles. The first kappa shape index (κ1) is 27.7. The van der Waals surface area contributed by atoms with Crippen molar-refractivity contribution >= 4 is 34.4 Å². The van der Waals surface area contributed by atoms with Crippen LogP contribution in [0.2, 0.25) is 0 Å². The molecule has 0 aliphatic carbocycles. The smallest absolute Gasteiger partial charge is 0.273 e. The number of ether oxygens (including phenoxy) is 2. The summed E-state index contributed by atoms with van der Waals surface area (Å²) < 4.78 is 13.2. The summed E-state index contributed by atoms with van der Waals surface area (Å²) in [5.74, 6) is 0.425. The van der Waals surface area contributed by atoms with E-state index in [1.165, 1.54) is 19.2 Å². The Kier molecular flexibility index (Phi) is 7.53. The second kappa shape index (κ2) is 11.4. The number of pyridine rings is 1. The first-order valence-electron chi connectivity index (χ1n) is 13.8. The van der Waals surface area contributed by atoms with Crippen molar-refractivity contribution in [1.82, 2.24) is 14.9 Å². The summed E-state index contributed by atoms with van der Waals surface area (Å²) in [4.78, 5) is 20.2. The van der Waals surface area contributed by atoms with Gasteiger partial charge in [0.05, 0.1) is 54.8 Å². The number of nitro groups is 1. The Morgan fingerprint density at radius 3 is 2.45 bits per heavy atom. The number of benzene rings is 2. The van der Waals surface area contributed by atoms with Gasteiger partial charge >= 0.3 is 0 Å². The van der Waals surface area contributed by atoms with Crippen LogP contribution in [0.25, 0.3) is 5.69 Å². The van der Waals surface area contributed by atoms with Gasteiger partial charge in [-0.3, -0.25) is 15.1 Å². The fourth-order valence-electron chi connectivity index (χ4n) is 6.02. The molecule has 2 aromatic heterocycles. The molecule has 2 aliphatic rings. The lowest BCUT2D eigenvalue weighted by Gasteiger charge is -2.31. The largest absolute Gasteiger partial charge is 0.494 e. The second-order valence-corrected chi connectivity index (χ2v) is 10.8. The van der Waals surface area contributed by atoms with Gasteiger partial charge in [-0.1, -0.05) is 6.07 Å². The second-order valence-electron chi connectivity index (χ2n) is 10.4. The van der Waals surface area contributed by atoms with E-state index in [4.69, 9.17) is 21.7 Å². The fourth-order valence-corrected chi connectivity index (χ4v) is 6.36. The maximum absolute atomic E-state index is 11.4. The van der Waals surface area contributed by atoms with Gasteiger partial charge < -0.3 is 29.2 Å². The first-order valence-corrected chi connectivity index (χ1v) is 14.2. The molecule has 6 rings (SSSR count). The Labute approximate surface area is 249 Å². The average Bonchev–Trinajstić information content (AvgIpc) is 3.52. The van der Waals surface area contributed by atoms with Crippen LogP contribution >= 0.6 is 12.2 Å². The molecule has 2 fully saturated rings. The molecule has 11 heteroatoms. The SMILES string of the molecule is COc1cc([N+](=O)[O-])ccc1-n1c(C)cc([C@H]2[C@@H](c3ccccn3)NC(=S)N2c2ccc(N3CCOCC3)cc2)c1C. The van der Waals surface area contributed by atoms with Crippen LogP contribution in [0.1, 0.15) is 34.7 Å². The molecule has 42 heavy (non-hydrogen) atoms. The Bertz CT molecular complexity index is 1620. The molecular formula is C31H32N6O4S. The highest BCUT2D eigenvalue weighted by atomic mass is 32.1.